The maximum absolute atomic E-state index is 14.2. The summed E-state index contributed by atoms with van der Waals surface area (Å²) in [7, 11) is 0. The number of hydrogen-bond acceptors (Lipinski definition) is 5. The van der Waals surface area contributed by atoms with Gasteiger partial charge < -0.3 is 20.7 Å². The Labute approximate surface area is 166 Å². The van der Waals surface area contributed by atoms with E-state index in [9.17, 15) is 27.6 Å². The van der Waals surface area contributed by atoms with E-state index in [1.807, 2.05) is 0 Å². The highest BCUT2D eigenvalue weighted by atomic mass is 19.3. The molecule has 0 aromatic rings. The molecule has 10 heteroatoms. The summed E-state index contributed by atoms with van der Waals surface area (Å²) in [6.45, 7) is 1.97. The van der Waals surface area contributed by atoms with E-state index < -0.39 is 53.6 Å². The number of ether oxygens (including phenoxy) is 1. The molecule has 3 heterocycles. The van der Waals surface area contributed by atoms with Crippen molar-refractivity contribution in [3.8, 4) is 0 Å². The lowest BCUT2D eigenvalue weighted by Crippen LogP contribution is -2.66. The minimum atomic E-state index is -2.94. The Hall–Kier alpha value is -2.10. The Bertz CT molecular complexity index is 700. The molecule has 0 unspecified atom stereocenters. The van der Waals surface area contributed by atoms with Crippen LogP contribution in [0.4, 0.5) is 13.2 Å². The van der Waals surface area contributed by atoms with Crippen LogP contribution in [0.1, 0.15) is 39.0 Å². The van der Waals surface area contributed by atoms with Crippen LogP contribution in [0.25, 0.3) is 0 Å². The van der Waals surface area contributed by atoms with Crippen LogP contribution in [0.5, 0.6) is 0 Å². The Morgan fingerprint density at radius 2 is 2.10 bits per heavy atom. The van der Waals surface area contributed by atoms with Gasteiger partial charge in [-0.05, 0) is 38.7 Å². The monoisotopic (exact) mass is 417 g/mol. The molecule has 4 aliphatic rings. The summed E-state index contributed by atoms with van der Waals surface area (Å²) in [6, 6.07) is -2.55. The van der Waals surface area contributed by atoms with Gasteiger partial charge in [0.05, 0.1) is 18.7 Å². The van der Waals surface area contributed by atoms with Crippen LogP contribution in [0.3, 0.4) is 0 Å². The number of rotatable bonds is 7. The number of carbonyl (C=O) groups is 3. The maximum atomic E-state index is 14.2. The molecule has 3 N–H and O–H groups in total. The molecule has 1 aliphatic carbocycles. The van der Waals surface area contributed by atoms with Crippen molar-refractivity contribution in [2.75, 3.05) is 13.2 Å². The zero-order valence-electron chi connectivity index (χ0n) is 16.2. The van der Waals surface area contributed by atoms with Crippen molar-refractivity contribution in [3.05, 3.63) is 11.9 Å². The highest BCUT2D eigenvalue weighted by molar-refractivity contribution is 5.87. The van der Waals surface area contributed by atoms with E-state index in [0.717, 1.165) is 6.08 Å². The van der Waals surface area contributed by atoms with Gasteiger partial charge in [-0.1, -0.05) is 0 Å². The molecule has 162 valence electrons. The second kappa shape index (κ2) is 8.73. The highest BCUT2D eigenvalue weighted by Crippen LogP contribution is 2.44. The molecule has 5 atom stereocenters. The van der Waals surface area contributed by atoms with Gasteiger partial charge >= 0.3 is 5.97 Å². The van der Waals surface area contributed by atoms with Crippen LogP contribution < -0.4 is 16.0 Å². The number of esters is 1. The van der Waals surface area contributed by atoms with Crippen LogP contribution >= 0.6 is 0 Å². The van der Waals surface area contributed by atoms with Crippen LogP contribution in [-0.4, -0.2) is 55.0 Å². The summed E-state index contributed by atoms with van der Waals surface area (Å²) in [5.41, 5.74) is 0. The Morgan fingerprint density at radius 3 is 2.69 bits per heavy atom. The lowest BCUT2D eigenvalue weighted by Gasteiger charge is -2.47. The molecule has 3 saturated heterocycles. The minimum absolute atomic E-state index is 0.0215. The van der Waals surface area contributed by atoms with Gasteiger partial charge in [-0.3, -0.25) is 9.59 Å². The molecule has 0 spiro atoms. The molecule has 4 rings (SSSR count). The van der Waals surface area contributed by atoms with Gasteiger partial charge in [0.15, 0.2) is 0 Å². The van der Waals surface area contributed by atoms with Crippen molar-refractivity contribution in [1.82, 2.24) is 16.0 Å². The van der Waals surface area contributed by atoms with Crippen molar-refractivity contribution in [2.45, 2.75) is 63.1 Å². The molecular weight excluding hydrogens is 391 g/mol. The Balaban J connectivity index is 1.73. The predicted molar refractivity (Wildman–Crippen MR) is 96.5 cm³/mol. The van der Waals surface area contributed by atoms with E-state index in [-0.39, 0.29) is 31.8 Å². The van der Waals surface area contributed by atoms with E-state index in [1.165, 1.54) is 6.92 Å². The number of halogens is 3. The first-order valence-electron chi connectivity index (χ1n) is 9.97. The average molecular weight is 417 g/mol. The van der Waals surface area contributed by atoms with Crippen molar-refractivity contribution >= 4 is 17.8 Å². The number of alkyl halides is 2. The van der Waals surface area contributed by atoms with Crippen molar-refractivity contribution in [1.29, 1.82) is 0 Å². The Morgan fingerprint density at radius 1 is 1.34 bits per heavy atom. The minimum Gasteiger partial charge on any atom is -0.461 e. The smallest absolute Gasteiger partial charge is 0.366 e. The first-order chi connectivity index (χ1) is 13.7. The molecule has 0 radical (unpaired) electrons. The van der Waals surface area contributed by atoms with Gasteiger partial charge in [0, 0.05) is 30.8 Å². The fraction of sp³-hybridized carbons (Fsp3) is 0.737. The quantitative estimate of drug-likeness (QED) is 0.427. The van der Waals surface area contributed by atoms with Gasteiger partial charge in [0.2, 0.25) is 17.6 Å². The molecule has 1 saturated carbocycles. The van der Waals surface area contributed by atoms with Crippen LogP contribution in [0, 0.1) is 11.8 Å². The molecule has 0 aromatic heterocycles. The fourth-order valence-corrected chi connectivity index (χ4v) is 4.42. The van der Waals surface area contributed by atoms with Crippen LogP contribution in [-0.2, 0) is 19.1 Å². The standard InChI is InChI=1S/C19H26F3N3O4/c1-2-29-18(28)14(20)8-12(7-10-5-6-23-16(10)26)25-17(27)15-13-4-3-11(24-15)9-19(13,21)22/h8,10-13,15,24H,2-7,9H2,1H3,(H,23,26)(H,25,27)/b14-8-/t10-,11-,12-,13-,15-/m0/s1. The van der Waals surface area contributed by atoms with Crippen LogP contribution in [0.2, 0.25) is 0 Å². The van der Waals surface area contributed by atoms with Crippen molar-refractivity contribution in [3.63, 3.8) is 0 Å². The molecule has 0 aromatic carbocycles. The summed E-state index contributed by atoms with van der Waals surface area (Å²) in [5, 5.41) is 8.13. The van der Waals surface area contributed by atoms with Gasteiger partial charge in [-0.2, -0.15) is 4.39 Å². The normalized spacial score (nSPS) is 31.9. The molecule has 7 nitrogen and oxygen atoms in total. The SMILES string of the molecule is CCOC(=O)/C(F)=C/[C@H](C[C@@H]1CCNC1=O)NC(=O)[C@H]1N[C@H]2CC[C@@H]1C(F)(F)C2. The van der Waals surface area contributed by atoms with E-state index in [2.05, 4.69) is 20.7 Å². The number of amides is 2. The summed E-state index contributed by atoms with van der Waals surface area (Å²) < 4.78 is 47.2. The second-order valence-electron chi connectivity index (χ2n) is 7.85. The predicted octanol–water partition coefficient (Wildman–Crippen LogP) is 1.19. The third-order valence-corrected chi connectivity index (χ3v) is 5.83. The third kappa shape index (κ3) is 4.91. The zero-order valence-corrected chi connectivity index (χ0v) is 16.2. The van der Waals surface area contributed by atoms with E-state index in [0.29, 0.717) is 19.4 Å². The number of fused-ring (bicyclic) bond motifs is 3. The fourth-order valence-electron chi connectivity index (χ4n) is 4.42. The first-order valence-corrected chi connectivity index (χ1v) is 9.97. The number of nitrogens with one attached hydrogen (secondary N) is 3. The highest BCUT2D eigenvalue weighted by Gasteiger charge is 2.55. The van der Waals surface area contributed by atoms with Crippen LogP contribution in [0.15, 0.2) is 11.9 Å². The third-order valence-electron chi connectivity index (χ3n) is 5.83. The second-order valence-corrected chi connectivity index (χ2v) is 7.85. The van der Waals surface area contributed by atoms with Crippen molar-refractivity contribution < 1.29 is 32.3 Å². The number of hydrogen-bond donors (Lipinski definition) is 3. The molecule has 4 fully saturated rings. The van der Waals surface area contributed by atoms with E-state index in [1.54, 1.807) is 0 Å². The summed E-state index contributed by atoms with van der Waals surface area (Å²) in [5.74, 6) is -7.83. The number of piperidine rings is 2. The molecular formula is C19H26F3N3O4. The summed E-state index contributed by atoms with van der Waals surface area (Å²) in [4.78, 5) is 36.2. The average Bonchev–Trinajstić information content (AvgIpc) is 3.05. The first kappa shape index (κ1) is 21.6. The van der Waals surface area contributed by atoms with Crippen molar-refractivity contribution in [2.24, 2.45) is 11.8 Å². The molecule has 2 amide bonds. The lowest BCUT2D eigenvalue weighted by molar-refractivity contribution is -0.154. The van der Waals surface area contributed by atoms with E-state index in [4.69, 9.17) is 0 Å². The maximum Gasteiger partial charge on any atom is 0.366 e. The topological polar surface area (TPSA) is 96.5 Å². The lowest BCUT2D eigenvalue weighted by atomic mass is 9.73. The summed E-state index contributed by atoms with van der Waals surface area (Å²) >= 11 is 0. The van der Waals surface area contributed by atoms with E-state index >= 15 is 0 Å². The Kier molecular flexibility index (Phi) is 6.50. The van der Waals surface area contributed by atoms with Gasteiger partial charge in [-0.25, -0.2) is 13.6 Å². The molecule has 29 heavy (non-hydrogen) atoms. The zero-order chi connectivity index (χ0) is 21.2. The largest absolute Gasteiger partial charge is 0.461 e. The van der Waals surface area contributed by atoms with Gasteiger partial charge in [0.25, 0.3) is 5.92 Å². The summed E-state index contributed by atoms with van der Waals surface area (Å²) in [6.07, 6.45) is 1.95. The van der Waals surface area contributed by atoms with Gasteiger partial charge in [-0.15, -0.1) is 0 Å². The van der Waals surface area contributed by atoms with Gasteiger partial charge in [0.1, 0.15) is 0 Å². The molecule has 3 aliphatic heterocycles. The molecule has 2 bridgehead atoms. The number of carbonyl (C=O) groups excluding carboxylic acids is 3.